The molecule has 6 nitrogen and oxygen atoms in total. The summed E-state index contributed by atoms with van der Waals surface area (Å²) in [5.41, 5.74) is 4.24. The number of aromatic nitrogens is 4. The summed E-state index contributed by atoms with van der Waals surface area (Å²) in [5.74, 6) is 0.409. The number of carbonyl (C=O) groups excluding carboxylic acids is 1. The van der Waals surface area contributed by atoms with Crippen molar-refractivity contribution < 1.29 is 9.18 Å². The molecule has 1 aliphatic heterocycles. The largest absolute Gasteiger partial charge is 0.310 e. The van der Waals surface area contributed by atoms with Crippen LogP contribution in [0, 0.1) is 26.6 Å². The average Bonchev–Trinajstić information content (AvgIpc) is 2.91. The normalized spacial score (nSPS) is 16.3. The smallest absolute Gasteiger partial charge is 0.252 e. The van der Waals surface area contributed by atoms with Crippen molar-refractivity contribution in [2.45, 2.75) is 33.1 Å². The van der Waals surface area contributed by atoms with E-state index in [1.165, 1.54) is 12.1 Å². The van der Waals surface area contributed by atoms with Crippen molar-refractivity contribution in [3.8, 4) is 5.95 Å². The van der Waals surface area contributed by atoms with E-state index in [1.807, 2.05) is 26.8 Å². The zero-order valence-electron chi connectivity index (χ0n) is 14.7. The first-order valence-electron chi connectivity index (χ1n) is 8.40. The van der Waals surface area contributed by atoms with Crippen LogP contribution < -0.4 is 5.32 Å². The highest BCUT2D eigenvalue weighted by atomic mass is 19.1. The molecule has 0 bridgehead atoms. The van der Waals surface area contributed by atoms with Gasteiger partial charge in [0.05, 0.1) is 5.69 Å². The van der Waals surface area contributed by atoms with Crippen molar-refractivity contribution in [1.29, 1.82) is 0 Å². The third-order valence-electron chi connectivity index (χ3n) is 4.53. The van der Waals surface area contributed by atoms with Crippen LogP contribution in [0.4, 0.5) is 10.2 Å². The van der Waals surface area contributed by atoms with E-state index >= 15 is 0 Å². The summed E-state index contributed by atoms with van der Waals surface area (Å²) in [7, 11) is 0. The van der Waals surface area contributed by atoms with E-state index in [1.54, 1.807) is 16.8 Å². The molecule has 132 valence electrons. The first-order valence-corrected chi connectivity index (χ1v) is 8.40. The van der Waals surface area contributed by atoms with E-state index in [4.69, 9.17) is 0 Å². The van der Waals surface area contributed by atoms with Gasteiger partial charge in [0.25, 0.3) is 5.95 Å². The van der Waals surface area contributed by atoms with E-state index in [9.17, 15) is 9.18 Å². The Morgan fingerprint density at radius 2 is 1.77 bits per heavy atom. The molecule has 26 heavy (non-hydrogen) atoms. The lowest BCUT2D eigenvalue weighted by Crippen LogP contribution is -2.25. The lowest BCUT2D eigenvalue weighted by molar-refractivity contribution is -0.116. The van der Waals surface area contributed by atoms with Gasteiger partial charge in [0.2, 0.25) is 5.91 Å². The maximum absolute atomic E-state index is 13.3. The lowest BCUT2D eigenvalue weighted by Gasteiger charge is -2.24. The average molecular weight is 351 g/mol. The van der Waals surface area contributed by atoms with Crippen LogP contribution in [0.3, 0.4) is 0 Å². The Morgan fingerprint density at radius 1 is 1.12 bits per heavy atom. The number of rotatable bonds is 2. The standard InChI is InChI=1S/C19H18FN5O/c1-10-8-11(2)22-19(21-10)25-18-17(12(3)24-25)15(9-16(26)23-18)13-4-6-14(20)7-5-13/h4-8,15H,9H2,1-3H3,(H,23,26). The van der Waals surface area contributed by atoms with Crippen LogP contribution in [0.1, 0.15) is 40.5 Å². The molecular weight excluding hydrogens is 333 g/mol. The van der Waals surface area contributed by atoms with E-state index in [0.29, 0.717) is 18.2 Å². The van der Waals surface area contributed by atoms with Crippen molar-refractivity contribution >= 4 is 11.7 Å². The fourth-order valence-corrected chi connectivity index (χ4v) is 3.47. The molecule has 1 amide bonds. The lowest BCUT2D eigenvalue weighted by atomic mass is 9.86. The Labute approximate surface area is 150 Å². The van der Waals surface area contributed by atoms with Crippen LogP contribution in [0.5, 0.6) is 0 Å². The Balaban J connectivity index is 1.88. The Bertz CT molecular complexity index is 989. The highest BCUT2D eigenvalue weighted by Gasteiger charge is 2.33. The second-order valence-corrected chi connectivity index (χ2v) is 6.57. The Morgan fingerprint density at radius 3 is 2.42 bits per heavy atom. The SMILES string of the molecule is Cc1cc(C)nc(-n2nc(C)c3c2NC(=O)CC3c2ccc(F)cc2)n1. The van der Waals surface area contributed by atoms with Gasteiger partial charge in [-0.25, -0.2) is 14.4 Å². The number of benzene rings is 1. The fourth-order valence-electron chi connectivity index (χ4n) is 3.47. The second-order valence-electron chi connectivity index (χ2n) is 6.57. The molecule has 1 unspecified atom stereocenters. The van der Waals surface area contributed by atoms with Gasteiger partial charge >= 0.3 is 0 Å². The number of hydrogen-bond donors (Lipinski definition) is 1. The number of amides is 1. The van der Waals surface area contributed by atoms with Gasteiger partial charge in [-0.05, 0) is 44.5 Å². The third-order valence-corrected chi connectivity index (χ3v) is 4.53. The van der Waals surface area contributed by atoms with Crippen molar-refractivity contribution in [1.82, 2.24) is 19.7 Å². The minimum Gasteiger partial charge on any atom is -0.310 e. The summed E-state index contributed by atoms with van der Waals surface area (Å²) in [6.07, 6.45) is 0.291. The molecule has 0 fully saturated rings. The van der Waals surface area contributed by atoms with Crippen LogP contribution in [0.15, 0.2) is 30.3 Å². The highest BCUT2D eigenvalue weighted by Crippen LogP contribution is 2.39. The Kier molecular flexibility index (Phi) is 3.79. The van der Waals surface area contributed by atoms with Gasteiger partial charge in [0.1, 0.15) is 11.6 Å². The molecule has 2 aromatic heterocycles. The van der Waals surface area contributed by atoms with Crippen LogP contribution in [-0.4, -0.2) is 25.7 Å². The summed E-state index contributed by atoms with van der Waals surface area (Å²) >= 11 is 0. The minimum absolute atomic E-state index is 0.114. The van der Waals surface area contributed by atoms with Crippen LogP contribution >= 0.6 is 0 Å². The molecule has 1 aromatic carbocycles. The topological polar surface area (TPSA) is 72.7 Å². The summed E-state index contributed by atoms with van der Waals surface area (Å²) in [5, 5.41) is 7.48. The molecule has 7 heteroatoms. The number of fused-ring (bicyclic) bond motifs is 1. The number of nitrogens with one attached hydrogen (secondary N) is 1. The number of anilines is 1. The third kappa shape index (κ3) is 2.75. The second kappa shape index (κ2) is 6.01. The number of hydrogen-bond acceptors (Lipinski definition) is 4. The number of halogens is 1. The quantitative estimate of drug-likeness (QED) is 0.769. The number of carbonyl (C=O) groups is 1. The molecule has 4 rings (SSSR count). The zero-order valence-corrected chi connectivity index (χ0v) is 14.7. The fraction of sp³-hybridized carbons (Fsp3) is 0.263. The van der Waals surface area contributed by atoms with Gasteiger partial charge in [-0.3, -0.25) is 4.79 Å². The Hall–Kier alpha value is -3.09. The van der Waals surface area contributed by atoms with Crippen LogP contribution in [-0.2, 0) is 4.79 Å². The van der Waals surface area contributed by atoms with Crippen molar-refractivity contribution in [3.63, 3.8) is 0 Å². The highest BCUT2D eigenvalue weighted by molar-refractivity contribution is 5.95. The zero-order chi connectivity index (χ0) is 18.4. The molecule has 1 atom stereocenters. The molecule has 0 radical (unpaired) electrons. The molecule has 3 aromatic rings. The van der Waals surface area contributed by atoms with Crippen molar-refractivity contribution in [2.75, 3.05) is 5.32 Å². The van der Waals surface area contributed by atoms with Crippen molar-refractivity contribution in [3.05, 3.63) is 64.4 Å². The molecule has 1 aliphatic rings. The molecule has 0 saturated carbocycles. The predicted molar refractivity (Wildman–Crippen MR) is 94.9 cm³/mol. The minimum atomic E-state index is -0.301. The van der Waals surface area contributed by atoms with Gasteiger partial charge in [-0.1, -0.05) is 12.1 Å². The van der Waals surface area contributed by atoms with Gasteiger partial charge in [0.15, 0.2) is 0 Å². The van der Waals surface area contributed by atoms with Crippen LogP contribution in [0.25, 0.3) is 5.95 Å². The first kappa shape index (κ1) is 16.4. The monoisotopic (exact) mass is 351 g/mol. The number of aryl methyl sites for hydroxylation is 3. The van der Waals surface area contributed by atoms with E-state index in [-0.39, 0.29) is 17.6 Å². The summed E-state index contributed by atoms with van der Waals surface area (Å²) in [4.78, 5) is 21.2. The van der Waals surface area contributed by atoms with Crippen LogP contribution in [0.2, 0.25) is 0 Å². The van der Waals surface area contributed by atoms with Gasteiger partial charge in [-0.2, -0.15) is 9.78 Å². The maximum atomic E-state index is 13.3. The van der Waals surface area contributed by atoms with E-state index in [0.717, 1.165) is 28.2 Å². The van der Waals surface area contributed by atoms with Crippen molar-refractivity contribution in [2.24, 2.45) is 0 Å². The van der Waals surface area contributed by atoms with Gasteiger partial charge in [-0.15, -0.1) is 0 Å². The molecule has 0 aliphatic carbocycles. The first-order chi connectivity index (χ1) is 12.4. The number of nitrogens with zero attached hydrogens (tertiary/aromatic N) is 4. The van der Waals surface area contributed by atoms with Gasteiger partial charge in [0, 0.05) is 29.3 Å². The molecule has 0 saturated heterocycles. The molecule has 0 spiro atoms. The summed E-state index contributed by atoms with van der Waals surface area (Å²) in [6.45, 7) is 5.67. The van der Waals surface area contributed by atoms with Gasteiger partial charge < -0.3 is 5.32 Å². The predicted octanol–water partition coefficient (Wildman–Crippen LogP) is 3.20. The van der Waals surface area contributed by atoms with E-state index < -0.39 is 0 Å². The molecular formula is C19H18FN5O. The molecule has 3 heterocycles. The maximum Gasteiger partial charge on any atom is 0.252 e. The summed E-state index contributed by atoms with van der Waals surface area (Å²) in [6, 6.07) is 8.13. The van der Waals surface area contributed by atoms with E-state index in [2.05, 4.69) is 20.4 Å². The molecule has 1 N–H and O–H groups in total. The summed E-state index contributed by atoms with van der Waals surface area (Å²) < 4.78 is 14.9.